The van der Waals surface area contributed by atoms with Gasteiger partial charge in [0.15, 0.2) is 0 Å². The lowest BCUT2D eigenvalue weighted by Gasteiger charge is -2.43. The molecule has 7 rings (SSSR count). The van der Waals surface area contributed by atoms with Crippen LogP contribution in [0.4, 0.5) is 5.69 Å². The second-order valence-electron chi connectivity index (χ2n) is 16.0. The molecule has 4 aliphatic heterocycles. The normalized spacial score (nSPS) is 18.4. The van der Waals surface area contributed by atoms with Gasteiger partial charge in [-0.3, -0.25) is 9.79 Å². The van der Waals surface area contributed by atoms with E-state index in [9.17, 15) is 18.0 Å². The highest BCUT2D eigenvalue weighted by atomic mass is 35.5. The van der Waals surface area contributed by atoms with E-state index in [1.165, 1.54) is 11.4 Å². The van der Waals surface area contributed by atoms with Crippen molar-refractivity contribution in [3.8, 4) is 11.5 Å². The molecule has 0 atom stereocenters. The number of fused-ring (bicyclic) bond motifs is 4. The number of benzene rings is 3. The van der Waals surface area contributed by atoms with Crippen molar-refractivity contribution in [3.05, 3.63) is 94.9 Å². The fourth-order valence-electron chi connectivity index (χ4n) is 8.75. The number of hydrogen-bond acceptors (Lipinski definition) is 9. The van der Waals surface area contributed by atoms with Gasteiger partial charge < -0.3 is 19.1 Å². The van der Waals surface area contributed by atoms with Crippen molar-refractivity contribution in [1.29, 1.82) is 0 Å². The van der Waals surface area contributed by atoms with Crippen LogP contribution in [0.5, 0.6) is 11.5 Å². The van der Waals surface area contributed by atoms with Crippen LogP contribution in [0.3, 0.4) is 0 Å². The van der Waals surface area contributed by atoms with Crippen molar-refractivity contribution in [2.75, 3.05) is 44.0 Å². The molecule has 15 heteroatoms. The Hall–Kier alpha value is -3.58. The number of esters is 2. The van der Waals surface area contributed by atoms with E-state index in [0.717, 1.165) is 23.4 Å². The Morgan fingerprint density at radius 1 is 0.897 bits per heavy atom. The quantitative estimate of drug-likeness (QED) is 0.0980. The van der Waals surface area contributed by atoms with E-state index >= 15 is 0 Å². The smallest absolute Gasteiger partial charge is 0.340 e. The second kappa shape index (κ2) is 15.5. The molecule has 308 valence electrons. The Kier molecular flexibility index (Phi) is 11.3. The van der Waals surface area contributed by atoms with Gasteiger partial charge in [0.2, 0.25) is 10.0 Å². The number of methoxy groups -OCH3 is 1. The third-order valence-corrected chi connectivity index (χ3v) is 14.9. The first-order valence-electron chi connectivity index (χ1n) is 19.2. The molecule has 0 aliphatic carbocycles. The molecule has 1 fully saturated rings. The van der Waals surface area contributed by atoms with Crippen LogP contribution in [0, 0.1) is 5.92 Å². The lowest BCUT2D eigenvalue weighted by molar-refractivity contribution is -0.146. The number of carbonyl (C=O) groups is 2. The fourth-order valence-corrected chi connectivity index (χ4v) is 11.4. The molecule has 58 heavy (non-hydrogen) atoms. The fraction of sp³-hybridized carbons (Fsp3) is 0.419. The molecule has 0 bridgehead atoms. The number of anilines is 1. The molecule has 0 unspecified atom stereocenters. The van der Waals surface area contributed by atoms with Gasteiger partial charge in [-0.2, -0.15) is 0 Å². The van der Waals surface area contributed by atoms with Crippen molar-refractivity contribution >= 4 is 90.8 Å². The van der Waals surface area contributed by atoms with Crippen LogP contribution in [0.15, 0.2) is 41.4 Å². The average Bonchev–Trinajstić information content (AvgIpc) is 3.15. The molecule has 0 aromatic heterocycles. The molecular formula is C43H45Cl4N3O7S. The highest BCUT2D eigenvalue weighted by molar-refractivity contribution is 7.89. The zero-order valence-electron chi connectivity index (χ0n) is 33.6. The van der Waals surface area contributed by atoms with Gasteiger partial charge in [-0.1, -0.05) is 58.6 Å². The van der Waals surface area contributed by atoms with Crippen LogP contribution in [0.1, 0.15) is 93.9 Å². The second-order valence-corrected chi connectivity index (χ2v) is 19.5. The van der Waals surface area contributed by atoms with Crippen LogP contribution in [0.25, 0.3) is 16.7 Å². The summed E-state index contributed by atoms with van der Waals surface area (Å²) >= 11 is 27.4. The molecule has 3 aromatic rings. The van der Waals surface area contributed by atoms with E-state index in [4.69, 9.17) is 65.6 Å². The maximum Gasteiger partial charge on any atom is 0.340 e. The van der Waals surface area contributed by atoms with Gasteiger partial charge in [-0.25, -0.2) is 17.5 Å². The SMILES string of the molecule is CCOC(=O)c1c(Cl)c(Cl)c(Cl)c(Cl)c1C1=c2cc3c(cc2Oc2cc4c(cc21)C(C)=CC(C)(C)N4CC)=NC(C)(C)C=C3CS(=O)(=O)N1CCC(C(=O)OC)CC1. The summed E-state index contributed by atoms with van der Waals surface area (Å²) in [7, 11) is -2.52. The van der Waals surface area contributed by atoms with Crippen LogP contribution in [0.2, 0.25) is 20.1 Å². The lowest BCUT2D eigenvalue weighted by atomic mass is 9.83. The summed E-state index contributed by atoms with van der Waals surface area (Å²) in [4.78, 5) is 33.4. The maximum absolute atomic E-state index is 14.1. The minimum atomic E-state index is -3.86. The van der Waals surface area contributed by atoms with Crippen molar-refractivity contribution in [3.63, 3.8) is 0 Å². The van der Waals surface area contributed by atoms with Crippen molar-refractivity contribution < 1.29 is 32.2 Å². The van der Waals surface area contributed by atoms with Gasteiger partial charge in [0, 0.05) is 70.5 Å². The van der Waals surface area contributed by atoms with E-state index in [1.54, 1.807) is 13.0 Å². The summed E-state index contributed by atoms with van der Waals surface area (Å²) in [5.41, 5.74) is 4.16. The predicted octanol–water partition coefficient (Wildman–Crippen LogP) is 8.86. The summed E-state index contributed by atoms with van der Waals surface area (Å²) < 4.78 is 47.0. The number of hydrogen-bond donors (Lipinski definition) is 0. The van der Waals surface area contributed by atoms with Gasteiger partial charge in [0.25, 0.3) is 0 Å². The van der Waals surface area contributed by atoms with E-state index in [1.807, 2.05) is 38.1 Å². The summed E-state index contributed by atoms with van der Waals surface area (Å²) in [5, 5.41) is 0.721. The number of sulfonamides is 1. The summed E-state index contributed by atoms with van der Waals surface area (Å²) in [5.74, 6) is -0.876. The molecule has 10 nitrogen and oxygen atoms in total. The van der Waals surface area contributed by atoms with Gasteiger partial charge in [-0.15, -0.1) is 0 Å². The molecule has 1 saturated heterocycles. The predicted molar refractivity (Wildman–Crippen MR) is 231 cm³/mol. The third-order valence-electron chi connectivity index (χ3n) is 11.3. The number of carbonyl (C=O) groups excluding carboxylic acids is 2. The van der Waals surface area contributed by atoms with Crippen molar-refractivity contribution in [2.45, 2.75) is 72.4 Å². The first kappa shape index (κ1) is 42.5. The molecule has 0 N–H and O–H groups in total. The van der Waals surface area contributed by atoms with Crippen molar-refractivity contribution in [1.82, 2.24) is 4.31 Å². The number of piperidine rings is 1. The van der Waals surface area contributed by atoms with Crippen molar-refractivity contribution in [2.24, 2.45) is 10.9 Å². The molecule has 0 radical (unpaired) electrons. The minimum Gasteiger partial charge on any atom is -0.469 e. The Morgan fingerprint density at radius 2 is 1.57 bits per heavy atom. The molecule has 0 amide bonds. The zero-order chi connectivity index (χ0) is 42.2. The van der Waals surface area contributed by atoms with E-state index < -0.39 is 21.5 Å². The lowest BCUT2D eigenvalue weighted by Crippen LogP contribution is -2.45. The number of nitrogens with zero attached hydrogens (tertiary/aromatic N) is 3. The summed E-state index contributed by atoms with van der Waals surface area (Å²) in [6.07, 6.45) is 4.81. The molecule has 4 aliphatic rings. The molecule has 0 saturated carbocycles. The first-order chi connectivity index (χ1) is 27.2. The van der Waals surface area contributed by atoms with E-state index in [0.29, 0.717) is 57.2 Å². The Bertz CT molecular complexity index is 2590. The van der Waals surface area contributed by atoms with E-state index in [-0.39, 0.29) is 74.1 Å². The molecule has 0 spiro atoms. The zero-order valence-corrected chi connectivity index (χ0v) is 37.5. The Morgan fingerprint density at radius 3 is 2.21 bits per heavy atom. The standard InChI is InChI=1S/C43H45Cl4N3O7S/c1-9-50-30-18-32-27(15-25(30)22(3)19-43(50,6)7)33(34-35(41(52)56-10-2)37(45)39(47)38(46)36(34)44)28-16-26-24(20-42(4,5)48-29(26)17-31(28)57-32)21-58(53,54)49-13-11-23(12-14-49)40(51)55-8/h15-20,23H,9-14,21H2,1-8H3. The third kappa shape index (κ3) is 7.34. The van der Waals surface area contributed by atoms with Crippen LogP contribution in [-0.2, 0) is 24.3 Å². The number of rotatable bonds is 8. The Balaban J connectivity index is 1.51. The topological polar surface area (TPSA) is 115 Å². The average molecular weight is 890 g/mol. The maximum atomic E-state index is 14.1. The molecule has 4 heterocycles. The van der Waals surface area contributed by atoms with E-state index in [2.05, 4.69) is 38.7 Å². The Labute approximate surface area is 359 Å². The minimum absolute atomic E-state index is 0.0218. The number of halogens is 4. The number of ether oxygens (including phenoxy) is 3. The highest BCUT2D eigenvalue weighted by Gasteiger charge is 2.38. The van der Waals surface area contributed by atoms with Gasteiger partial charge in [-0.05, 0) is 84.6 Å². The van der Waals surface area contributed by atoms with Crippen LogP contribution in [-0.4, -0.2) is 74.8 Å². The summed E-state index contributed by atoms with van der Waals surface area (Å²) in [6, 6.07) is 7.63. The first-order valence-corrected chi connectivity index (χ1v) is 22.3. The molecular weight excluding hydrogens is 844 g/mol. The number of likely N-dealkylation sites (N-methyl/N-ethyl adjacent to an activating group) is 1. The van der Waals surface area contributed by atoms with Gasteiger partial charge in [0.1, 0.15) is 11.5 Å². The molecule has 3 aromatic carbocycles. The van der Waals surface area contributed by atoms with Crippen LogP contribution >= 0.6 is 46.4 Å². The monoisotopic (exact) mass is 887 g/mol. The van der Waals surface area contributed by atoms with Gasteiger partial charge >= 0.3 is 11.9 Å². The summed E-state index contributed by atoms with van der Waals surface area (Å²) in [6.45, 7) is 15.1. The van der Waals surface area contributed by atoms with Gasteiger partial charge in [0.05, 0.1) is 67.5 Å². The highest BCUT2D eigenvalue weighted by Crippen LogP contribution is 2.51. The van der Waals surface area contributed by atoms with Crippen LogP contribution < -0.4 is 20.2 Å². The largest absolute Gasteiger partial charge is 0.469 e. The number of allylic oxidation sites excluding steroid dienone is 1.